The van der Waals surface area contributed by atoms with Crippen molar-refractivity contribution in [3.63, 3.8) is 0 Å². The van der Waals surface area contributed by atoms with Crippen LogP contribution in [0, 0.1) is 5.82 Å². The molecule has 0 aliphatic rings. The number of benzene rings is 2. The number of hydrogen-bond donors (Lipinski definition) is 1. The number of amides is 1. The SMILES string of the molecule is CCCCc1ccc(NC(=O)CCn2cnc3c(cnn3-c3ccc(F)cc3)c2=O)cc1. The molecule has 0 radical (unpaired) electrons. The lowest BCUT2D eigenvalue weighted by Crippen LogP contribution is -2.23. The molecule has 164 valence electrons. The summed E-state index contributed by atoms with van der Waals surface area (Å²) in [6.45, 7) is 2.36. The van der Waals surface area contributed by atoms with E-state index in [0.29, 0.717) is 16.7 Å². The maximum atomic E-state index is 13.2. The quantitative estimate of drug-likeness (QED) is 0.454. The zero-order chi connectivity index (χ0) is 22.5. The van der Waals surface area contributed by atoms with Crippen LogP contribution in [0.15, 0.2) is 65.8 Å². The largest absolute Gasteiger partial charge is 0.326 e. The van der Waals surface area contributed by atoms with Gasteiger partial charge in [-0.05, 0) is 54.8 Å². The molecule has 0 fully saturated rings. The van der Waals surface area contributed by atoms with Crippen molar-refractivity contribution in [2.24, 2.45) is 0 Å². The second-order valence-corrected chi connectivity index (χ2v) is 7.61. The van der Waals surface area contributed by atoms with Gasteiger partial charge in [-0.25, -0.2) is 14.1 Å². The fraction of sp³-hybridized carbons (Fsp3) is 0.250. The molecule has 1 N–H and O–H groups in total. The first-order valence-corrected chi connectivity index (χ1v) is 10.6. The molecule has 0 aliphatic carbocycles. The van der Waals surface area contributed by atoms with Gasteiger partial charge in [0.2, 0.25) is 5.91 Å². The molecule has 0 saturated carbocycles. The van der Waals surface area contributed by atoms with Crippen molar-refractivity contribution < 1.29 is 9.18 Å². The lowest BCUT2D eigenvalue weighted by Gasteiger charge is -2.08. The monoisotopic (exact) mass is 433 g/mol. The smallest absolute Gasteiger partial charge is 0.264 e. The molecule has 0 spiro atoms. The van der Waals surface area contributed by atoms with E-state index in [1.165, 1.54) is 39.5 Å². The molecule has 0 unspecified atom stereocenters. The van der Waals surface area contributed by atoms with Gasteiger partial charge >= 0.3 is 0 Å². The van der Waals surface area contributed by atoms with Crippen molar-refractivity contribution in [2.75, 3.05) is 5.32 Å². The van der Waals surface area contributed by atoms with Gasteiger partial charge in [0, 0.05) is 18.7 Å². The van der Waals surface area contributed by atoms with Crippen LogP contribution in [0.2, 0.25) is 0 Å². The molecule has 8 heteroatoms. The van der Waals surface area contributed by atoms with Crippen molar-refractivity contribution >= 4 is 22.6 Å². The lowest BCUT2D eigenvalue weighted by atomic mass is 10.1. The molecule has 0 saturated heterocycles. The van der Waals surface area contributed by atoms with Crippen LogP contribution in [0.4, 0.5) is 10.1 Å². The van der Waals surface area contributed by atoms with E-state index in [0.717, 1.165) is 24.9 Å². The number of fused-ring (bicyclic) bond motifs is 1. The van der Waals surface area contributed by atoms with Crippen LogP contribution in [0.1, 0.15) is 31.7 Å². The molecule has 1 amide bonds. The summed E-state index contributed by atoms with van der Waals surface area (Å²) in [5, 5.41) is 7.41. The third kappa shape index (κ3) is 4.74. The van der Waals surface area contributed by atoms with E-state index in [1.807, 2.05) is 24.3 Å². The molecular weight excluding hydrogens is 409 g/mol. The Morgan fingerprint density at radius 2 is 1.84 bits per heavy atom. The summed E-state index contributed by atoms with van der Waals surface area (Å²) in [4.78, 5) is 29.5. The van der Waals surface area contributed by atoms with Crippen molar-refractivity contribution in [3.8, 4) is 5.69 Å². The normalized spacial score (nSPS) is 11.1. The summed E-state index contributed by atoms with van der Waals surface area (Å²) in [6, 6.07) is 13.6. The number of aryl methyl sites for hydroxylation is 2. The van der Waals surface area contributed by atoms with Gasteiger partial charge in [-0.15, -0.1) is 0 Å². The van der Waals surface area contributed by atoms with Gasteiger partial charge in [-0.2, -0.15) is 5.10 Å². The molecule has 32 heavy (non-hydrogen) atoms. The maximum Gasteiger partial charge on any atom is 0.264 e. The first kappa shape index (κ1) is 21.4. The predicted molar refractivity (Wildman–Crippen MR) is 121 cm³/mol. The second-order valence-electron chi connectivity index (χ2n) is 7.61. The van der Waals surface area contributed by atoms with Gasteiger partial charge < -0.3 is 5.32 Å². The van der Waals surface area contributed by atoms with Crippen LogP contribution in [-0.2, 0) is 17.8 Å². The van der Waals surface area contributed by atoms with E-state index in [4.69, 9.17) is 0 Å². The van der Waals surface area contributed by atoms with Gasteiger partial charge in [0.05, 0.1) is 18.2 Å². The van der Waals surface area contributed by atoms with Gasteiger partial charge in [-0.1, -0.05) is 25.5 Å². The van der Waals surface area contributed by atoms with E-state index >= 15 is 0 Å². The molecule has 4 aromatic rings. The molecular formula is C24H24FN5O2. The average molecular weight is 433 g/mol. The Kier molecular flexibility index (Phi) is 6.39. The Morgan fingerprint density at radius 3 is 2.56 bits per heavy atom. The van der Waals surface area contributed by atoms with E-state index in [2.05, 4.69) is 22.3 Å². The fourth-order valence-electron chi connectivity index (χ4n) is 3.46. The number of nitrogens with one attached hydrogen (secondary N) is 1. The Labute approximate surface area is 184 Å². The molecule has 7 nitrogen and oxygen atoms in total. The number of carbonyl (C=O) groups excluding carboxylic acids is 1. The zero-order valence-corrected chi connectivity index (χ0v) is 17.8. The molecule has 2 heterocycles. The number of hydrogen-bond acceptors (Lipinski definition) is 4. The molecule has 0 bridgehead atoms. The minimum atomic E-state index is -0.355. The summed E-state index contributed by atoms with van der Waals surface area (Å²) < 4.78 is 16.1. The number of rotatable bonds is 8. The lowest BCUT2D eigenvalue weighted by molar-refractivity contribution is -0.116. The zero-order valence-electron chi connectivity index (χ0n) is 17.8. The van der Waals surface area contributed by atoms with Crippen molar-refractivity contribution in [3.05, 3.63) is 82.8 Å². The van der Waals surface area contributed by atoms with Crippen molar-refractivity contribution in [1.82, 2.24) is 19.3 Å². The molecule has 4 rings (SSSR count). The average Bonchev–Trinajstić information content (AvgIpc) is 3.24. The standard InChI is InChI=1S/C24H24FN5O2/c1-2-3-4-17-5-9-19(10-6-17)28-22(31)13-14-29-16-26-23-21(24(29)32)15-27-30(23)20-11-7-18(25)8-12-20/h5-12,15-16H,2-4,13-14H2,1H3,(H,28,31). The summed E-state index contributed by atoms with van der Waals surface area (Å²) >= 11 is 0. The highest BCUT2D eigenvalue weighted by atomic mass is 19.1. The molecule has 2 aromatic carbocycles. The van der Waals surface area contributed by atoms with Crippen LogP contribution in [0.3, 0.4) is 0 Å². The van der Waals surface area contributed by atoms with E-state index in [-0.39, 0.29) is 30.2 Å². The molecule has 2 aromatic heterocycles. The summed E-state index contributed by atoms with van der Waals surface area (Å²) in [5.74, 6) is -0.536. The third-order valence-electron chi connectivity index (χ3n) is 5.26. The minimum absolute atomic E-state index is 0.136. The highest BCUT2D eigenvalue weighted by molar-refractivity contribution is 5.90. The van der Waals surface area contributed by atoms with Gasteiger partial charge in [0.15, 0.2) is 5.65 Å². The van der Waals surface area contributed by atoms with Gasteiger partial charge in [0.25, 0.3) is 5.56 Å². The van der Waals surface area contributed by atoms with Crippen LogP contribution >= 0.6 is 0 Å². The summed E-state index contributed by atoms with van der Waals surface area (Å²) in [7, 11) is 0. The summed E-state index contributed by atoms with van der Waals surface area (Å²) in [5.41, 5.74) is 2.68. The van der Waals surface area contributed by atoms with Crippen LogP contribution in [0.5, 0.6) is 0 Å². The van der Waals surface area contributed by atoms with Crippen molar-refractivity contribution in [1.29, 1.82) is 0 Å². The number of anilines is 1. The topological polar surface area (TPSA) is 81.8 Å². The Bertz CT molecular complexity index is 1280. The van der Waals surface area contributed by atoms with Crippen LogP contribution in [0.25, 0.3) is 16.7 Å². The molecule has 0 atom stereocenters. The maximum absolute atomic E-state index is 13.2. The van der Waals surface area contributed by atoms with E-state index < -0.39 is 0 Å². The third-order valence-corrected chi connectivity index (χ3v) is 5.26. The second kappa shape index (κ2) is 9.55. The number of unbranched alkanes of at least 4 members (excludes halogenated alkanes) is 1. The van der Waals surface area contributed by atoms with Gasteiger partial charge in [0.1, 0.15) is 11.2 Å². The Morgan fingerprint density at radius 1 is 1.09 bits per heavy atom. The number of halogens is 1. The number of carbonyl (C=O) groups is 1. The minimum Gasteiger partial charge on any atom is -0.326 e. The van der Waals surface area contributed by atoms with Crippen LogP contribution < -0.4 is 10.9 Å². The van der Waals surface area contributed by atoms with E-state index in [9.17, 15) is 14.0 Å². The molecule has 0 aliphatic heterocycles. The fourth-order valence-corrected chi connectivity index (χ4v) is 3.46. The predicted octanol–water partition coefficient (Wildman–Crippen LogP) is 4.09. The number of nitrogens with zero attached hydrogens (tertiary/aromatic N) is 4. The van der Waals surface area contributed by atoms with Crippen LogP contribution in [-0.4, -0.2) is 25.2 Å². The summed E-state index contributed by atoms with van der Waals surface area (Å²) in [6.07, 6.45) is 6.29. The van der Waals surface area contributed by atoms with Gasteiger partial charge in [-0.3, -0.25) is 14.2 Å². The highest BCUT2D eigenvalue weighted by Crippen LogP contribution is 2.15. The van der Waals surface area contributed by atoms with E-state index in [1.54, 1.807) is 12.1 Å². The number of aromatic nitrogens is 4. The Balaban J connectivity index is 1.42. The first-order valence-electron chi connectivity index (χ1n) is 10.6. The van der Waals surface area contributed by atoms with Crippen molar-refractivity contribution in [2.45, 2.75) is 39.2 Å². The Hall–Kier alpha value is -3.81. The first-order chi connectivity index (χ1) is 15.5. The highest BCUT2D eigenvalue weighted by Gasteiger charge is 2.12.